The van der Waals surface area contributed by atoms with Gasteiger partial charge in [0.1, 0.15) is 5.82 Å². The average Bonchev–Trinajstić information content (AvgIpc) is 3.28. The molecule has 6 heteroatoms. The highest BCUT2D eigenvalue weighted by atomic mass is 32.1. The molecule has 0 saturated carbocycles. The fraction of sp³-hybridized carbons (Fsp3) is 0.609. The first-order valence-electron chi connectivity index (χ1n) is 11.0. The summed E-state index contributed by atoms with van der Waals surface area (Å²) in [5.41, 5.74) is 2.24. The van der Waals surface area contributed by atoms with Gasteiger partial charge in [-0.05, 0) is 62.6 Å². The lowest BCUT2D eigenvalue weighted by Crippen LogP contribution is -2.56. The second-order valence-corrected chi connectivity index (χ2v) is 9.45. The van der Waals surface area contributed by atoms with Gasteiger partial charge >= 0.3 is 0 Å². The van der Waals surface area contributed by atoms with Gasteiger partial charge in [0.05, 0.1) is 10.6 Å². The summed E-state index contributed by atoms with van der Waals surface area (Å²) in [6.45, 7) is 9.14. The third-order valence-corrected chi connectivity index (χ3v) is 7.65. The minimum absolute atomic E-state index is 0.151. The van der Waals surface area contributed by atoms with Crippen LogP contribution in [0, 0.1) is 18.8 Å². The summed E-state index contributed by atoms with van der Waals surface area (Å²) in [7, 11) is 0. The van der Waals surface area contributed by atoms with Crippen LogP contribution in [0.1, 0.15) is 57.0 Å². The fourth-order valence-electron chi connectivity index (χ4n) is 5.04. The van der Waals surface area contributed by atoms with E-state index in [0.717, 1.165) is 50.4 Å². The quantitative estimate of drug-likeness (QED) is 0.739. The summed E-state index contributed by atoms with van der Waals surface area (Å²) < 4.78 is 0. The molecule has 0 aliphatic carbocycles. The van der Waals surface area contributed by atoms with Gasteiger partial charge in [-0.1, -0.05) is 19.9 Å². The van der Waals surface area contributed by atoms with Crippen LogP contribution in [0.2, 0.25) is 0 Å². The van der Waals surface area contributed by atoms with E-state index in [1.807, 2.05) is 6.92 Å². The topological polar surface area (TPSA) is 58.1 Å². The molecule has 3 aliphatic rings. The molecule has 3 aliphatic heterocycles. The molecule has 3 fully saturated rings. The lowest BCUT2D eigenvalue weighted by molar-refractivity contribution is -0.125. The molecule has 2 aromatic heterocycles. The zero-order chi connectivity index (χ0) is 20.4. The van der Waals surface area contributed by atoms with Crippen molar-refractivity contribution in [1.82, 2.24) is 20.2 Å². The third kappa shape index (κ3) is 4.38. The number of aryl methyl sites for hydroxylation is 1. The van der Waals surface area contributed by atoms with Crippen LogP contribution in [-0.4, -0.2) is 46.5 Å². The van der Waals surface area contributed by atoms with Gasteiger partial charge in [0.25, 0.3) is 0 Å². The summed E-state index contributed by atoms with van der Waals surface area (Å²) in [5, 5.41) is 5.32. The van der Waals surface area contributed by atoms with Gasteiger partial charge in [0.15, 0.2) is 0 Å². The number of hydrogen-bond acceptors (Lipinski definition) is 5. The molecule has 0 radical (unpaired) electrons. The fourth-order valence-corrected chi connectivity index (χ4v) is 5.73. The Morgan fingerprint density at radius 3 is 2.83 bits per heavy atom. The Kier molecular flexibility index (Phi) is 6.30. The first kappa shape index (κ1) is 20.5. The molecule has 29 heavy (non-hydrogen) atoms. The molecule has 0 aromatic carbocycles. The van der Waals surface area contributed by atoms with Crippen molar-refractivity contribution in [3.63, 3.8) is 0 Å². The number of rotatable bonds is 7. The summed E-state index contributed by atoms with van der Waals surface area (Å²) in [5.74, 6) is 2.34. The molecule has 5 rings (SSSR count). The zero-order valence-corrected chi connectivity index (χ0v) is 18.5. The summed E-state index contributed by atoms with van der Waals surface area (Å²) in [6, 6.07) is 6.87. The van der Waals surface area contributed by atoms with Crippen molar-refractivity contribution in [3.8, 4) is 10.6 Å². The van der Waals surface area contributed by atoms with E-state index in [1.165, 1.54) is 17.0 Å². The molecule has 5 nitrogen and oxygen atoms in total. The van der Waals surface area contributed by atoms with Crippen LogP contribution in [0.4, 0.5) is 0 Å². The van der Waals surface area contributed by atoms with Crippen LogP contribution >= 0.6 is 11.3 Å². The highest BCUT2D eigenvalue weighted by molar-refractivity contribution is 7.13. The third-order valence-electron chi connectivity index (χ3n) is 6.76. The minimum atomic E-state index is 0.151. The van der Waals surface area contributed by atoms with Gasteiger partial charge in [0, 0.05) is 36.7 Å². The highest BCUT2D eigenvalue weighted by Crippen LogP contribution is 2.41. The first-order chi connectivity index (χ1) is 14.1. The van der Waals surface area contributed by atoms with Gasteiger partial charge in [-0.3, -0.25) is 9.69 Å². The van der Waals surface area contributed by atoms with Crippen molar-refractivity contribution in [3.05, 3.63) is 35.1 Å². The molecule has 2 aromatic rings. The normalized spacial score (nSPS) is 26.1. The largest absolute Gasteiger partial charge is 0.354 e. The van der Waals surface area contributed by atoms with Crippen molar-refractivity contribution in [2.45, 2.75) is 58.4 Å². The lowest BCUT2D eigenvalue weighted by atomic mass is 9.74. The molecule has 4 atom stereocenters. The van der Waals surface area contributed by atoms with E-state index in [1.54, 1.807) is 11.3 Å². The maximum atomic E-state index is 12.4. The van der Waals surface area contributed by atoms with E-state index in [2.05, 4.69) is 52.6 Å². The smallest absolute Gasteiger partial charge is 0.223 e. The van der Waals surface area contributed by atoms with E-state index in [0.29, 0.717) is 17.9 Å². The number of piperidine rings is 3. The highest BCUT2D eigenvalue weighted by Gasteiger charge is 2.41. The Hall–Kier alpha value is -1.79. The van der Waals surface area contributed by atoms with E-state index >= 15 is 0 Å². The Morgan fingerprint density at radius 2 is 2.17 bits per heavy atom. The van der Waals surface area contributed by atoms with Crippen LogP contribution in [-0.2, 0) is 4.79 Å². The predicted molar refractivity (Wildman–Crippen MR) is 118 cm³/mol. The average molecular weight is 413 g/mol. The van der Waals surface area contributed by atoms with Crippen molar-refractivity contribution < 1.29 is 4.79 Å². The SMILES string of the molecule is CCC(CC)C(=O)NCC1CC2CCN1CC2c1cc(-c2cccs2)nc(C)n1. The van der Waals surface area contributed by atoms with Crippen LogP contribution in [0.15, 0.2) is 23.6 Å². The Bertz CT molecular complexity index is 833. The molecule has 1 N–H and O–H groups in total. The van der Waals surface area contributed by atoms with Gasteiger partial charge in [0.2, 0.25) is 5.91 Å². The Labute approximate surface area is 178 Å². The molecule has 0 spiro atoms. The first-order valence-corrected chi connectivity index (χ1v) is 11.9. The van der Waals surface area contributed by atoms with E-state index < -0.39 is 0 Å². The standard InChI is InChI=1S/C23H32N4OS/c1-4-16(5-2)23(28)24-13-18-11-17-8-9-27(18)14-19(17)20-12-21(26-15(3)25-20)22-7-6-10-29-22/h6-7,10,12,16-19H,4-5,8-9,11,13-14H2,1-3H3,(H,24,28). The van der Waals surface area contributed by atoms with Crippen molar-refractivity contribution in [1.29, 1.82) is 0 Å². The number of thiophene rings is 1. The van der Waals surface area contributed by atoms with Crippen molar-refractivity contribution in [2.24, 2.45) is 11.8 Å². The Balaban J connectivity index is 1.44. The second-order valence-electron chi connectivity index (χ2n) is 8.50. The maximum absolute atomic E-state index is 12.4. The molecular weight excluding hydrogens is 380 g/mol. The van der Waals surface area contributed by atoms with Crippen LogP contribution in [0.3, 0.4) is 0 Å². The minimum Gasteiger partial charge on any atom is -0.354 e. The number of nitrogens with one attached hydrogen (secondary N) is 1. The molecule has 156 valence electrons. The van der Waals surface area contributed by atoms with E-state index in [9.17, 15) is 4.79 Å². The maximum Gasteiger partial charge on any atom is 0.223 e. The summed E-state index contributed by atoms with van der Waals surface area (Å²) in [4.78, 5) is 25.7. The van der Waals surface area contributed by atoms with Crippen LogP contribution in [0.25, 0.3) is 10.6 Å². The molecule has 5 heterocycles. The number of amides is 1. The molecular formula is C23H32N4OS. The lowest BCUT2D eigenvalue weighted by Gasteiger charge is -2.49. The predicted octanol–water partition coefficient (Wildman–Crippen LogP) is 4.24. The number of aromatic nitrogens is 2. The van der Waals surface area contributed by atoms with E-state index in [4.69, 9.17) is 4.98 Å². The van der Waals surface area contributed by atoms with Crippen LogP contribution in [0.5, 0.6) is 0 Å². The number of nitrogens with zero attached hydrogens (tertiary/aromatic N) is 3. The number of carbonyl (C=O) groups excluding carboxylic acids is 1. The van der Waals surface area contributed by atoms with Crippen LogP contribution < -0.4 is 5.32 Å². The molecule has 3 saturated heterocycles. The van der Waals surface area contributed by atoms with Gasteiger partial charge in [-0.2, -0.15) is 0 Å². The monoisotopic (exact) mass is 412 g/mol. The zero-order valence-electron chi connectivity index (χ0n) is 17.7. The molecule has 2 bridgehead atoms. The molecule has 4 unspecified atom stereocenters. The number of fused-ring (bicyclic) bond motifs is 3. The van der Waals surface area contributed by atoms with E-state index in [-0.39, 0.29) is 11.8 Å². The van der Waals surface area contributed by atoms with Crippen molar-refractivity contribution in [2.75, 3.05) is 19.6 Å². The van der Waals surface area contributed by atoms with Gasteiger partial charge in [-0.15, -0.1) is 11.3 Å². The molecule has 1 amide bonds. The van der Waals surface area contributed by atoms with Crippen molar-refractivity contribution >= 4 is 17.2 Å². The number of carbonyl (C=O) groups is 1. The van der Waals surface area contributed by atoms with Gasteiger partial charge < -0.3 is 5.32 Å². The second kappa shape index (κ2) is 8.92. The summed E-state index contributed by atoms with van der Waals surface area (Å²) >= 11 is 1.73. The number of hydrogen-bond donors (Lipinski definition) is 1. The Morgan fingerprint density at radius 1 is 1.34 bits per heavy atom. The summed E-state index contributed by atoms with van der Waals surface area (Å²) in [6.07, 6.45) is 4.20. The van der Waals surface area contributed by atoms with Gasteiger partial charge in [-0.25, -0.2) is 9.97 Å².